The molecule has 1 heterocycles. The average molecular weight is 353 g/mol. The summed E-state index contributed by atoms with van der Waals surface area (Å²) in [5.74, 6) is 0.297. The number of nitro groups is 1. The Morgan fingerprint density at radius 2 is 1.88 bits per heavy atom. The Balaban J connectivity index is 1.85. The highest BCUT2D eigenvalue weighted by atomic mass is 16.6. The minimum Gasteiger partial charge on any atom is -0.366 e. The molecule has 2 aromatic carbocycles. The maximum Gasteiger partial charge on any atom is 0.293 e. The molecule has 26 heavy (non-hydrogen) atoms. The highest BCUT2D eigenvalue weighted by molar-refractivity contribution is 6.05. The van der Waals surface area contributed by atoms with Crippen molar-refractivity contribution >= 4 is 23.0 Å². The summed E-state index contributed by atoms with van der Waals surface area (Å²) in [6.45, 7) is 5.71. The fourth-order valence-corrected chi connectivity index (χ4v) is 3.24. The quantitative estimate of drug-likeness (QED) is 0.653. The van der Waals surface area contributed by atoms with Gasteiger partial charge in [0.1, 0.15) is 5.69 Å². The van der Waals surface area contributed by atoms with Crippen LogP contribution in [0, 0.1) is 23.0 Å². The van der Waals surface area contributed by atoms with Crippen LogP contribution in [0.25, 0.3) is 0 Å². The monoisotopic (exact) mass is 353 g/mol. The first-order chi connectivity index (χ1) is 12.5. The maximum absolute atomic E-state index is 12.5. The van der Waals surface area contributed by atoms with E-state index in [2.05, 4.69) is 12.2 Å². The standard InChI is InChI=1S/C20H23N3O3/c1-14-9-11-22(12-10-14)18-8-7-16(13-19(18)23(25)26)20(24)21-17-6-4-3-5-15(17)2/h3-8,13-14H,9-12H2,1-2H3,(H,21,24). The molecule has 0 aromatic heterocycles. The molecule has 3 rings (SSSR count). The zero-order valence-electron chi connectivity index (χ0n) is 15.1. The topological polar surface area (TPSA) is 75.5 Å². The molecule has 0 unspecified atom stereocenters. The molecule has 136 valence electrons. The summed E-state index contributed by atoms with van der Waals surface area (Å²) in [6, 6.07) is 12.2. The summed E-state index contributed by atoms with van der Waals surface area (Å²) in [4.78, 5) is 25.7. The van der Waals surface area contributed by atoms with Crippen molar-refractivity contribution in [2.24, 2.45) is 5.92 Å². The Bertz CT molecular complexity index is 827. The van der Waals surface area contributed by atoms with Crippen LogP contribution in [0.15, 0.2) is 42.5 Å². The molecule has 6 nitrogen and oxygen atoms in total. The largest absolute Gasteiger partial charge is 0.366 e. The number of anilines is 2. The van der Waals surface area contributed by atoms with Gasteiger partial charge in [0.15, 0.2) is 0 Å². The number of hydrogen-bond acceptors (Lipinski definition) is 4. The van der Waals surface area contributed by atoms with E-state index in [0.29, 0.717) is 17.3 Å². The van der Waals surface area contributed by atoms with E-state index >= 15 is 0 Å². The number of nitrogens with zero attached hydrogens (tertiary/aromatic N) is 2. The first-order valence-corrected chi connectivity index (χ1v) is 8.86. The Morgan fingerprint density at radius 1 is 1.19 bits per heavy atom. The van der Waals surface area contributed by atoms with Gasteiger partial charge in [-0.25, -0.2) is 0 Å². The van der Waals surface area contributed by atoms with Crippen LogP contribution in [0.2, 0.25) is 0 Å². The third-order valence-corrected chi connectivity index (χ3v) is 4.95. The first-order valence-electron chi connectivity index (χ1n) is 8.86. The molecule has 0 bridgehead atoms. The number of amides is 1. The second kappa shape index (κ2) is 7.56. The van der Waals surface area contributed by atoms with E-state index in [4.69, 9.17) is 0 Å². The lowest BCUT2D eigenvalue weighted by Gasteiger charge is -2.31. The van der Waals surface area contributed by atoms with Crippen molar-refractivity contribution in [1.82, 2.24) is 0 Å². The number of piperidine rings is 1. The van der Waals surface area contributed by atoms with Gasteiger partial charge in [0.25, 0.3) is 11.6 Å². The second-order valence-electron chi connectivity index (χ2n) is 6.90. The fourth-order valence-electron chi connectivity index (χ4n) is 3.24. The van der Waals surface area contributed by atoms with Gasteiger partial charge in [-0.05, 0) is 49.4 Å². The second-order valence-corrected chi connectivity index (χ2v) is 6.90. The lowest BCUT2D eigenvalue weighted by Crippen LogP contribution is -2.33. The molecule has 0 atom stereocenters. The third-order valence-electron chi connectivity index (χ3n) is 4.95. The molecular weight excluding hydrogens is 330 g/mol. The van der Waals surface area contributed by atoms with Gasteiger partial charge in [-0.2, -0.15) is 0 Å². The van der Waals surface area contributed by atoms with Crippen molar-refractivity contribution in [2.75, 3.05) is 23.3 Å². The van der Waals surface area contributed by atoms with Gasteiger partial charge < -0.3 is 10.2 Å². The van der Waals surface area contributed by atoms with Crippen molar-refractivity contribution in [2.45, 2.75) is 26.7 Å². The van der Waals surface area contributed by atoms with Gasteiger partial charge in [0, 0.05) is 30.4 Å². The SMILES string of the molecule is Cc1ccccc1NC(=O)c1ccc(N2CCC(C)CC2)c([N+](=O)[O-])c1. The van der Waals surface area contributed by atoms with Crippen LogP contribution in [0.5, 0.6) is 0 Å². The van der Waals surface area contributed by atoms with Gasteiger partial charge in [-0.15, -0.1) is 0 Å². The highest BCUT2D eigenvalue weighted by Crippen LogP contribution is 2.32. The fraction of sp³-hybridized carbons (Fsp3) is 0.350. The number of carbonyl (C=O) groups is 1. The van der Waals surface area contributed by atoms with Crippen LogP contribution in [0.3, 0.4) is 0 Å². The van der Waals surface area contributed by atoms with Crippen LogP contribution in [0.1, 0.15) is 35.7 Å². The first kappa shape index (κ1) is 17.9. The number of hydrogen-bond donors (Lipinski definition) is 1. The highest BCUT2D eigenvalue weighted by Gasteiger charge is 2.24. The molecule has 1 aliphatic rings. The number of carbonyl (C=O) groups excluding carboxylic acids is 1. The number of rotatable bonds is 4. The Kier molecular flexibility index (Phi) is 5.21. The van der Waals surface area contributed by atoms with Gasteiger partial charge >= 0.3 is 0 Å². The summed E-state index contributed by atoms with van der Waals surface area (Å²) < 4.78 is 0. The predicted octanol–water partition coefficient (Wildman–Crippen LogP) is 4.39. The van der Waals surface area contributed by atoms with Crippen LogP contribution in [-0.4, -0.2) is 23.9 Å². The lowest BCUT2D eigenvalue weighted by molar-refractivity contribution is -0.384. The van der Waals surface area contributed by atoms with Gasteiger partial charge in [-0.1, -0.05) is 25.1 Å². The summed E-state index contributed by atoms with van der Waals surface area (Å²) in [6.07, 6.45) is 2.04. The normalized spacial score (nSPS) is 14.9. The zero-order chi connectivity index (χ0) is 18.7. The van der Waals surface area contributed by atoms with Crippen molar-refractivity contribution in [1.29, 1.82) is 0 Å². The minimum absolute atomic E-state index is 0.0167. The van der Waals surface area contributed by atoms with Crippen molar-refractivity contribution in [3.05, 3.63) is 63.7 Å². The van der Waals surface area contributed by atoms with E-state index in [-0.39, 0.29) is 17.2 Å². The van der Waals surface area contributed by atoms with Gasteiger partial charge in [0.2, 0.25) is 0 Å². The molecule has 1 amide bonds. The summed E-state index contributed by atoms with van der Waals surface area (Å²) in [7, 11) is 0. The Labute approximate surface area is 153 Å². The summed E-state index contributed by atoms with van der Waals surface area (Å²) in [5.41, 5.74) is 2.50. The number of nitrogens with one attached hydrogen (secondary N) is 1. The van der Waals surface area contributed by atoms with Crippen LogP contribution >= 0.6 is 0 Å². The van der Waals surface area contributed by atoms with Gasteiger partial charge in [0.05, 0.1) is 4.92 Å². The maximum atomic E-state index is 12.5. The van der Waals surface area contributed by atoms with E-state index in [9.17, 15) is 14.9 Å². The molecular formula is C20H23N3O3. The minimum atomic E-state index is -0.405. The molecule has 1 saturated heterocycles. The lowest BCUT2D eigenvalue weighted by atomic mass is 9.98. The summed E-state index contributed by atoms with van der Waals surface area (Å²) >= 11 is 0. The van der Waals surface area contributed by atoms with E-state index in [1.807, 2.05) is 36.1 Å². The molecule has 6 heteroatoms. The van der Waals surface area contributed by atoms with Crippen LogP contribution < -0.4 is 10.2 Å². The average Bonchev–Trinajstić information content (AvgIpc) is 2.63. The van der Waals surface area contributed by atoms with E-state index in [1.165, 1.54) is 6.07 Å². The van der Waals surface area contributed by atoms with Gasteiger partial charge in [-0.3, -0.25) is 14.9 Å². The Morgan fingerprint density at radius 3 is 2.54 bits per heavy atom. The third kappa shape index (κ3) is 3.85. The molecule has 2 aromatic rings. The number of aryl methyl sites for hydroxylation is 1. The van der Waals surface area contributed by atoms with E-state index < -0.39 is 4.92 Å². The Hall–Kier alpha value is -2.89. The van der Waals surface area contributed by atoms with E-state index in [0.717, 1.165) is 31.5 Å². The summed E-state index contributed by atoms with van der Waals surface area (Å²) in [5, 5.41) is 14.4. The molecule has 0 saturated carbocycles. The number of para-hydroxylation sites is 1. The van der Waals surface area contributed by atoms with Crippen molar-refractivity contribution in [3.63, 3.8) is 0 Å². The number of benzene rings is 2. The van der Waals surface area contributed by atoms with Crippen molar-refractivity contribution < 1.29 is 9.72 Å². The van der Waals surface area contributed by atoms with E-state index in [1.54, 1.807) is 12.1 Å². The molecule has 1 aliphatic heterocycles. The molecule has 0 radical (unpaired) electrons. The predicted molar refractivity (Wildman–Crippen MR) is 103 cm³/mol. The molecule has 0 spiro atoms. The molecule has 1 fully saturated rings. The smallest absolute Gasteiger partial charge is 0.293 e. The zero-order valence-corrected chi connectivity index (χ0v) is 15.1. The number of nitro benzene ring substituents is 1. The van der Waals surface area contributed by atoms with Crippen LogP contribution in [-0.2, 0) is 0 Å². The van der Waals surface area contributed by atoms with Crippen LogP contribution in [0.4, 0.5) is 17.1 Å². The molecule has 0 aliphatic carbocycles. The van der Waals surface area contributed by atoms with Crippen molar-refractivity contribution in [3.8, 4) is 0 Å². The molecule has 1 N–H and O–H groups in total.